The van der Waals surface area contributed by atoms with E-state index in [4.69, 9.17) is 4.42 Å². The maximum atomic E-state index is 12.5. The molecule has 5 nitrogen and oxygen atoms in total. The van der Waals surface area contributed by atoms with Crippen LogP contribution in [0.5, 0.6) is 0 Å². The molecule has 1 atom stereocenters. The van der Waals surface area contributed by atoms with Gasteiger partial charge in [-0.3, -0.25) is 9.36 Å². The van der Waals surface area contributed by atoms with E-state index in [1.54, 1.807) is 30.1 Å². The van der Waals surface area contributed by atoms with Crippen molar-refractivity contribution >= 4 is 17.0 Å². The first kappa shape index (κ1) is 15.1. The minimum absolute atomic E-state index is 0.0382. The minimum Gasteiger partial charge on any atom is -0.408 e. The van der Waals surface area contributed by atoms with Gasteiger partial charge in [-0.05, 0) is 24.6 Å². The van der Waals surface area contributed by atoms with Gasteiger partial charge in [0.25, 0.3) is 0 Å². The van der Waals surface area contributed by atoms with E-state index in [1.807, 2.05) is 43.3 Å². The highest BCUT2D eigenvalue weighted by molar-refractivity contribution is 5.79. The Labute approximate surface area is 133 Å². The molecule has 23 heavy (non-hydrogen) atoms. The van der Waals surface area contributed by atoms with Crippen molar-refractivity contribution in [2.45, 2.75) is 19.5 Å². The van der Waals surface area contributed by atoms with Crippen molar-refractivity contribution in [2.24, 2.45) is 0 Å². The molecule has 0 spiro atoms. The number of para-hydroxylation sites is 2. The maximum Gasteiger partial charge on any atom is 0.420 e. The number of hydrogen-bond donors (Lipinski definition) is 0. The van der Waals surface area contributed by atoms with Gasteiger partial charge in [0.1, 0.15) is 6.54 Å². The van der Waals surface area contributed by atoms with Crippen molar-refractivity contribution in [3.05, 3.63) is 70.7 Å². The lowest BCUT2D eigenvalue weighted by Gasteiger charge is -2.25. The summed E-state index contributed by atoms with van der Waals surface area (Å²) >= 11 is 0. The van der Waals surface area contributed by atoms with Gasteiger partial charge in [-0.1, -0.05) is 42.5 Å². The van der Waals surface area contributed by atoms with Crippen molar-refractivity contribution in [1.29, 1.82) is 0 Å². The van der Waals surface area contributed by atoms with Gasteiger partial charge in [-0.15, -0.1) is 0 Å². The van der Waals surface area contributed by atoms with Crippen molar-refractivity contribution in [3.63, 3.8) is 0 Å². The topological polar surface area (TPSA) is 55.5 Å². The Morgan fingerprint density at radius 1 is 1.13 bits per heavy atom. The first-order chi connectivity index (χ1) is 11.1. The maximum absolute atomic E-state index is 12.5. The normalized spacial score (nSPS) is 12.3. The van der Waals surface area contributed by atoms with Crippen LogP contribution in [0.15, 0.2) is 63.8 Å². The molecule has 0 saturated carbocycles. The largest absolute Gasteiger partial charge is 0.420 e. The molecule has 5 heteroatoms. The zero-order valence-electron chi connectivity index (χ0n) is 13.1. The molecule has 0 aliphatic carbocycles. The second-order valence-corrected chi connectivity index (χ2v) is 5.51. The van der Waals surface area contributed by atoms with Crippen LogP contribution in [0.1, 0.15) is 18.5 Å². The molecule has 0 bridgehead atoms. The summed E-state index contributed by atoms with van der Waals surface area (Å²) in [6.07, 6.45) is 0. The van der Waals surface area contributed by atoms with E-state index in [2.05, 4.69) is 0 Å². The Hall–Kier alpha value is -2.82. The first-order valence-electron chi connectivity index (χ1n) is 7.47. The van der Waals surface area contributed by atoms with E-state index in [0.717, 1.165) is 5.56 Å². The monoisotopic (exact) mass is 310 g/mol. The Morgan fingerprint density at radius 2 is 1.78 bits per heavy atom. The van der Waals surface area contributed by atoms with Crippen molar-refractivity contribution in [1.82, 2.24) is 9.47 Å². The minimum atomic E-state index is -0.514. The third-order valence-electron chi connectivity index (χ3n) is 4.12. The molecule has 2 aromatic carbocycles. The van der Waals surface area contributed by atoms with Gasteiger partial charge >= 0.3 is 5.76 Å². The van der Waals surface area contributed by atoms with E-state index < -0.39 is 5.76 Å². The average Bonchev–Trinajstić information content (AvgIpc) is 2.90. The summed E-state index contributed by atoms with van der Waals surface area (Å²) in [5.74, 6) is -0.657. The molecule has 3 aromatic rings. The fourth-order valence-corrected chi connectivity index (χ4v) is 2.58. The second-order valence-electron chi connectivity index (χ2n) is 5.51. The SMILES string of the molecule is CC(c1ccccc1)N(C)C(=O)Cn1c(=O)oc2ccccc21. The van der Waals surface area contributed by atoms with E-state index in [1.165, 1.54) is 4.57 Å². The number of carbonyl (C=O) groups is 1. The quantitative estimate of drug-likeness (QED) is 0.744. The van der Waals surface area contributed by atoms with Gasteiger partial charge in [0, 0.05) is 7.05 Å². The van der Waals surface area contributed by atoms with Crippen LogP contribution in [0.3, 0.4) is 0 Å². The molecule has 1 aromatic heterocycles. The van der Waals surface area contributed by atoms with Gasteiger partial charge in [0.2, 0.25) is 5.91 Å². The summed E-state index contributed by atoms with van der Waals surface area (Å²) in [6, 6.07) is 16.8. The molecule has 1 amide bonds. The van der Waals surface area contributed by atoms with Crippen LogP contribution in [-0.4, -0.2) is 22.4 Å². The molecule has 0 fully saturated rings. The van der Waals surface area contributed by atoms with Gasteiger partial charge in [-0.25, -0.2) is 4.79 Å². The number of fused-ring (bicyclic) bond motifs is 1. The standard InChI is InChI=1S/C18H18N2O3/c1-13(14-8-4-3-5-9-14)19(2)17(21)12-20-15-10-6-7-11-16(15)23-18(20)22/h3-11,13H,12H2,1-2H3. The summed E-state index contributed by atoms with van der Waals surface area (Å²) in [4.78, 5) is 26.2. The Balaban J connectivity index is 1.83. The van der Waals surface area contributed by atoms with Crippen molar-refractivity contribution in [3.8, 4) is 0 Å². The molecular weight excluding hydrogens is 292 g/mol. The molecule has 0 N–H and O–H groups in total. The second kappa shape index (κ2) is 6.12. The highest BCUT2D eigenvalue weighted by Crippen LogP contribution is 2.19. The summed E-state index contributed by atoms with van der Waals surface area (Å²) in [6.45, 7) is 1.92. The molecule has 3 rings (SSSR count). The first-order valence-corrected chi connectivity index (χ1v) is 7.47. The number of aromatic nitrogens is 1. The number of nitrogens with zero attached hydrogens (tertiary/aromatic N) is 2. The van der Waals surface area contributed by atoms with Gasteiger partial charge in [-0.2, -0.15) is 0 Å². The molecule has 0 aliphatic heterocycles. The molecule has 118 valence electrons. The number of benzene rings is 2. The lowest BCUT2D eigenvalue weighted by atomic mass is 10.1. The van der Waals surface area contributed by atoms with E-state index in [9.17, 15) is 9.59 Å². The molecular formula is C18H18N2O3. The van der Waals surface area contributed by atoms with Crippen LogP contribution < -0.4 is 5.76 Å². The third-order valence-corrected chi connectivity index (χ3v) is 4.12. The summed E-state index contributed by atoms with van der Waals surface area (Å²) in [5.41, 5.74) is 2.17. The number of oxazole rings is 1. The fourth-order valence-electron chi connectivity index (χ4n) is 2.58. The van der Waals surface area contributed by atoms with Crippen LogP contribution >= 0.6 is 0 Å². The number of hydrogen-bond acceptors (Lipinski definition) is 3. The average molecular weight is 310 g/mol. The van der Waals surface area contributed by atoms with Crippen LogP contribution in [0.4, 0.5) is 0 Å². The number of likely N-dealkylation sites (N-methyl/N-ethyl adjacent to an activating group) is 1. The number of amides is 1. The van der Waals surface area contributed by atoms with E-state index >= 15 is 0 Å². The van der Waals surface area contributed by atoms with E-state index in [-0.39, 0.29) is 18.5 Å². The van der Waals surface area contributed by atoms with Crippen molar-refractivity contribution < 1.29 is 9.21 Å². The van der Waals surface area contributed by atoms with E-state index in [0.29, 0.717) is 11.1 Å². The van der Waals surface area contributed by atoms with Crippen LogP contribution in [0.2, 0.25) is 0 Å². The smallest absolute Gasteiger partial charge is 0.408 e. The molecule has 1 unspecified atom stereocenters. The highest BCUT2D eigenvalue weighted by Gasteiger charge is 2.20. The van der Waals surface area contributed by atoms with Crippen molar-refractivity contribution in [2.75, 3.05) is 7.05 Å². The molecule has 0 saturated heterocycles. The fraction of sp³-hybridized carbons (Fsp3) is 0.222. The Morgan fingerprint density at radius 3 is 2.52 bits per heavy atom. The van der Waals surface area contributed by atoms with Gasteiger partial charge < -0.3 is 9.32 Å². The van der Waals surface area contributed by atoms with Gasteiger partial charge in [0.05, 0.1) is 11.6 Å². The molecule has 0 radical (unpaired) electrons. The Bertz CT molecular complexity index is 880. The summed E-state index contributed by atoms with van der Waals surface area (Å²) in [5, 5.41) is 0. The molecule has 1 heterocycles. The summed E-state index contributed by atoms with van der Waals surface area (Å²) < 4.78 is 6.53. The van der Waals surface area contributed by atoms with Gasteiger partial charge in [0.15, 0.2) is 5.58 Å². The van der Waals surface area contributed by atoms with Crippen LogP contribution in [-0.2, 0) is 11.3 Å². The predicted octanol–water partition coefficient (Wildman–Crippen LogP) is 2.81. The third kappa shape index (κ3) is 2.90. The van der Waals surface area contributed by atoms with Crippen LogP contribution in [0, 0.1) is 0 Å². The lowest BCUT2D eigenvalue weighted by molar-refractivity contribution is -0.132. The predicted molar refractivity (Wildman–Crippen MR) is 88.1 cm³/mol. The Kier molecular flexibility index (Phi) is 4.02. The van der Waals surface area contributed by atoms with Crippen LogP contribution in [0.25, 0.3) is 11.1 Å². The molecule has 0 aliphatic rings. The number of rotatable bonds is 4. The highest BCUT2D eigenvalue weighted by atomic mass is 16.4. The summed E-state index contributed by atoms with van der Waals surface area (Å²) in [7, 11) is 1.74. The number of carbonyl (C=O) groups excluding carboxylic acids is 1. The zero-order valence-corrected chi connectivity index (χ0v) is 13.1. The zero-order chi connectivity index (χ0) is 16.4. The lowest BCUT2D eigenvalue weighted by Crippen LogP contribution is -2.34.